The molecule has 0 spiro atoms. The number of nitrogens with zero attached hydrogens (tertiary/aromatic N) is 4. The Kier molecular flexibility index (Phi) is 5.11. The van der Waals surface area contributed by atoms with Crippen molar-refractivity contribution in [1.29, 1.82) is 5.26 Å². The van der Waals surface area contributed by atoms with Crippen molar-refractivity contribution in [2.75, 3.05) is 0 Å². The fourth-order valence-electron chi connectivity index (χ4n) is 2.45. The van der Waals surface area contributed by atoms with E-state index >= 15 is 0 Å². The van der Waals surface area contributed by atoms with E-state index in [9.17, 15) is 26.3 Å². The maximum absolute atomic E-state index is 13.2. The van der Waals surface area contributed by atoms with Gasteiger partial charge in [-0.25, -0.2) is 5.10 Å². The average Bonchev–Trinajstić information content (AvgIpc) is 3.14. The molecule has 0 radical (unpaired) electrons. The summed E-state index contributed by atoms with van der Waals surface area (Å²) in [6.45, 7) is 0. The van der Waals surface area contributed by atoms with Gasteiger partial charge in [-0.3, -0.25) is 4.98 Å². The van der Waals surface area contributed by atoms with Gasteiger partial charge in [0, 0.05) is 11.8 Å². The molecule has 0 saturated heterocycles. The third-order valence-electron chi connectivity index (χ3n) is 3.77. The fraction of sp³-hybridized carbons (Fsp3) is 0.111. The predicted octanol–water partition coefficient (Wildman–Crippen LogP) is 4.95. The molecule has 0 saturated carbocycles. The van der Waals surface area contributed by atoms with Gasteiger partial charge in [0.2, 0.25) is 0 Å². The number of rotatable bonds is 3. The molecule has 11 heteroatoms. The van der Waals surface area contributed by atoms with Crippen LogP contribution in [-0.4, -0.2) is 20.4 Å². The maximum Gasteiger partial charge on any atom is 0.416 e. The summed E-state index contributed by atoms with van der Waals surface area (Å²) in [7, 11) is 0. The van der Waals surface area contributed by atoms with Gasteiger partial charge in [-0.2, -0.15) is 31.6 Å². The van der Waals surface area contributed by atoms with Crippen LogP contribution in [0.2, 0.25) is 0 Å². The molecule has 0 amide bonds. The second-order valence-electron chi connectivity index (χ2n) is 5.79. The Morgan fingerprint density at radius 2 is 1.66 bits per heavy atom. The molecule has 0 aliphatic heterocycles. The summed E-state index contributed by atoms with van der Waals surface area (Å²) in [6, 6.07) is 6.22. The molecule has 0 fully saturated rings. The van der Waals surface area contributed by atoms with E-state index in [0.717, 1.165) is 36.5 Å². The zero-order chi connectivity index (χ0) is 21.2. The molecule has 2 heterocycles. The number of aromatic amines is 1. The topological polar surface area (TPSA) is 78.2 Å². The van der Waals surface area contributed by atoms with Gasteiger partial charge in [0.1, 0.15) is 11.8 Å². The molecule has 148 valence electrons. The zero-order valence-corrected chi connectivity index (χ0v) is 14.2. The minimum atomic E-state index is -4.69. The number of pyridine rings is 1. The van der Waals surface area contributed by atoms with Crippen molar-refractivity contribution >= 4 is 12.2 Å². The first-order chi connectivity index (χ1) is 13.6. The Morgan fingerprint density at radius 3 is 2.31 bits per heavy atom. The van der Waals surface area contributed by atoms with Gasteiger partial charge in [-0.15, -0.1) is 5.10 Å². The normalized spacial score (nSPS) is 12.3. The lowest BCUT2D eigenvalue weighted by molar-refractivity contribution is -0.138. The van der Waals surface area contributed by atoms with E-state index in [-0.39, 0.29) is 28.2 Å². The highest BCUT2D eigenvalue weighted by molar-refractivity contribution is 5.74. The van der Waals surface area contributed by atoms with Crippen LogP contribution in [0.4, 0.5) is 26.3 Å². The van der Waals surface area contributed by atoms with E-state index in [0.29, 0.717) is 0 Å². The number of halogens is 6. The quantitative estimate of drug-likeness (QED) is 0.621. The minimum absolute atomic E-state index is 0.0261. The number of nitriles is 1. The number of benzene rings is 1. The number of nitrogens with one attached hydrogen (secondary N) is 1. The highest BCUT2D eigenvalue weighted by atomic mass is 19.4. The summed E-state index contributed by atoms with van der Waals surface area (Å²) in [5.74, 6) is 0. The first-order valence-electron chi connectivity index (χ1n) is 7.83. The van der Waals surface area contributed by atoms with Crippen LogP contribution >= 0.6 is 0 Å². The summed E-state index contributed by atoms with van der Waals surface area (Å²) < 4.78 is 78.1. The van der Waals surface area contributed by atoms with Crippen molar-refractivity contribution in [3.05, 3.63) is 64.6 Å². The molecule has 5 nitrogen and oxygen atoms in total. The molecule has 3 aromatic rings. The standard InChI is InChI=1S/C18H9F6N5/c19-17(20,21)12-3-4-26-14(8-12)2-1-10-5-11(7-13(6-10)18(22,23)24)16-15(9-25)27-29-28-16/h1-8H,(H,27,28,29)/b2-1+. The molecule has 0 atom stereocenters. The molecule has 29 heavy (non-hydrogen) atoms. The first-order valence-corrected chi connectivity index (χ1v) is 7.83. The Bertz CT molecular complexity index is 1100. The highest BCUT2D eigenvalue weighted by Crippen LogP contribution is 2.34. The van der Waals surface area contributed by atoms with Gasteiger partial charge in [-0.1, -0.05) is 11.3 Å². The van der Waals surface area contributed by atoms with Gasteiger partial charge in [-0.05, 0) is 42.0 Å². The van der Waals surface area contributed by atoms with E-state index in [2.05, 4.69) is 20.4 Å². The Balaban J connectivity index is 2.05. The van der Waals surface area contributed by atoms with E-state index in [1.807, 2.05) is 0 Å². The van der Waals surface area contributed by atoms with Gasteiger partial charge in [0.05, 0.1) is 16.8 Å². The lowest BCUT2D eigenvalue weighted by atomic mass is 10.0. The van der Waals surface area contributed by atoms with Gasteiger partial charge in [0.25, 0.3) is 0 Å². The summed E-state index contributed by atoms with van der Waals surface area (Å²) >= 11 is 0. The van der Waals surface area contributed by atoms with E-state index < -0.39 is 23.5 Å². The van der Waals surface area contributed by atoms with Crippen LogP contribution in [-0.2, 0) is 12.4 Å². The Labute approximate surface area is 159 Å². The molecule has 0 aliphatic carbocycles. The molecule has 2 aromatic heterocycles. The van der Waals surface area contributed by atoms with Crippen molar-refractivity contribution in [2.45, 2.75) is 12.4 Å². The molecule has 1 aromatic carbocycles. The van der Waals surface area contributed by atoms with E-state index in [1.165, 1.54) is 12.1 Å². The number of hydrogen-bond donors (Lipinski definition) is 1. The van der Waals surface area contributed by atoms with Crippen molar-refractivity contribution < 1.29 is 26.3 Å². The van der Waals surface area contributed by atoms with Crippen molar-refractivity contribution in [1.82, 2.24) is 20.4 Å². The SMILES string of the molecule is N#Cc1[nH]nnc1-c1cc(/C=C/c2cc(C(F)(F)F)ccn2)cc(C(F)(F)F)c1. The zero-order valence-electron chi connectivity index (χ0n) is 14.2. The molecule has 1 N–H and O–H groups in total. The summed E-state index contributed by atoms with van der Waals surface area (Å²) in [4.78, 5) is 3.76. The molecule has 3 rings (SSSR count). The monoisotopic (exact) mass is 409 g/mol. The molecule has 0 unspecified atom stereocenters. The van der Waals surface area contributed by atoms with Crippen molar-refractivity contribution in [2.24, 2.45) is 0 Å². The first kappa shape index (κ1) is 20.1. The van der Waals surface area contributed by atoms with E-state index in [4.69, 9.17) is 5.26 Å². The Morgan fingerprint density at radius 1 is 0.931 bits per heavy atom. The third-order valence-corrected chi connectivity index (χ3v) is 3.77. The summed E-state index contributed by atoms with van der Waals surface area (Å²) in [5.41, 5.74) is -2.23. The van der Waals surface area contributed by atoms with Crippen molar-refractivity contribution in [3.63, 3.8) is 0 Å². The highest BCUT2D eigenvalue weighted by Gasteiger charge is 2.32. The molecule has 0 bridgehead atoms. The van der Waals surface area contributed by atoms with Gasteiger partial charge in [0.15, 0.2) is 5.69 Å². The summed E-state index contributed by atoms with van der Waals surface area (Å²) in [6.07, 6.45) is -5.97. The molecular weight excluding hydrogens is 400 g/mol. The van der Waals surface area contributed by atoms with Gasteiger partial charge < -0.3 is 0 Å². The van der Waals surface area contributed by atoms with Crippen LogP contribution in [0.5, 0.6) is 0 Å². The lowest BCUT2D eigenvalue weighted by Gasteiger charge is -2.10. The third kappa shape index (κ3) is 4.60. The smallest absolute Gasteiger partial charge is 0.257 e. The molecular formula is C18H9F6N5. The van der Waals surface area contributed by atoms with Crippen molar-refractivity contribution in [3.8, 4) is 17.3 Å². The number of aromatic nitrogens is 4. The van der Waals surface area contributed by atoms with Crippen LogP contribution in [0.3, 0.4) is 0 Å². The van der Waals surface area contributed by atoms with Gasteiger partial charge >= 0.3 is 12.4 Å². The Hall–Kier alpha value is -3.68. The van der Waals surface area contributed by atoms with Crippen LogP contribution in [0.1, 0.15) is 28.1 Å². The number of H-pyrrole nitrogens is 1. The summed E-state index contributed by atoms with van der Waals surface area (Å²) in [5, 5.41) is 18.3. The largest absolute Gasteiger partial charge is 0.416 e. The second kappa shape index (κ2) is 7.38. The number of hydrogen-bond acceptors (Lipinski definition) is 4. The van der Waals surface area contributed by atoms with Crippen LogP contribution in [0.25, 0.3) is 23.4 Å². The lowest BCUT2D eigenvalue weighted by Crippen LogP contribution is -2.06. The van der Waals surface area contributed by atoms with E-state index in [1.54, 1.807) is 6.07 Å². The minimum Gasteiger partial charge on any atom is -0.257 e. The second-order valence-corrected chi connectivity index (χ2v) is 5.79. The van der Waals surface area contributed by atoms with Crippen LogP contribution in [0, 0.1) is 11.3 Å². The number of alkyl halides is 6. The predicted molar refractivity (Wildman–Crippen MR) is 89.7 cm³/mol. The fourth-order valence-corrected chi connectivity index (χ4v) is 2.45. The van der Waals surface area contributed by atoms with Crippen LogP contribution < -0.4 is 0 Å². The maximum atomic E-state index is 13.2. The molecule has 0 aliphatic rings. The van der Waals surface area contributed by atoms with Crippen LogP contribution in [0.15, 0.2) is 36.5 Å². The average molecular weight is 409 g/mol.